The first-order valence-corrected chi connectivity index (χ1v) is 6.32. The van der Waals surface area contributed by atoms with Gasteiger partial charge in [0.15, 0.2) is 11.6 Å². The summed E-state index contributed by atoms with van der Waals surface area (Å²) in [6, 6.07) is 1.41. The molecular weight excluding hydrogens is 267 g/mol. The summed E-state index contributed by atoms with van der Waals surface area (Å²) in [5, 5.41) is 2.65. The number of aryl methyl sites for hydroxylation is 1. The van der Waals surface area contributed by atoms with E-state index in [1.807, 2.05) is 13.8 Å². The molecule has 0 aliphatic carbocycles. The van der Waals surface area contributed by atoms with Crippen molar-refractivity contribution in [2.45, 2.75) is 27.3 Å². The van der Waals surface area contributed by atoms with Crippen LogP contribution in [0.3, 0.4) is 0 Å². The Kier molecular flexibility index (Phi) is 4.01. The topological polar surface area (TPSA) is 29.9 Å². The summed E-state index contributed by atoms with van der Waals surface area (Å²) in [6.07, 6.45) is 1.80. The van der Waals surface area contributed by atoms with Crippen LogP contribution < -0.4 is 5.32 Å². The number of anilines is 2. The maximum atomic E-state index is 13.6. The molecular formula is C14H16F3N3. The normalized spacial score (nSPS) is 11.2. The SMILES string of the molecule is Cc1cn(CC(C)C)c(Nc2cc(F)cc(F)c2F)n1. The second-order valence-corrected chi connectivity index (χ2v) is 5.13. The van der Waals surface area contributed by atoms with Gasteiger partial charge in [0.25, 0.3) is 0 Å². The van der Waals surface area contributed by atoms with Crippen LogP contribution in [-0.2, 0) is 6.54 Å². The number of benzene rings is 1. The fraction of sp³-hybridized carbons (Fsp3) is 0.357. The summed E-state index contributed by atoms with van der Waals surface area (Å²) >= 11 is 0. The third-order valence-corrected chi connectivity index (χ3v) is 2.70. The highest BCUT2D eigenvalue weighted by Crippen LogP contribution is 2.23. The second kappa shape index (κ2) is 5.56. The molecule has 20 heavy (non-hydrogen) atoms. The molecule has 0 aliphatic heterocycles. The van der Waals surface area contributed by atoms with Crippen molar-refractivity contribution in [2.75, 3.05) is 5.32 Å². The predicted octanol–water partition coefficient (Wildman–Crippen LogP) is 4.01. The average Bonchev–Trinajstić information content (AvgIpc) is 2.65. The number of nitrogens with zero attached hydrogens (tertiary/aromatic N) is 2. The number of rotatable bonds is 4. The lowest BCUT2D eigenvalue weighted by atomic mass is 10.2. The van der Waals surface area contributed by atoms with Crippen molar-refractivity contribution in [1.29, 1.82) is 0 Å². The Morgan fingerprint density at radius 1 is 1.25 bits per heavy atom. The Bertz CT molecular complexity index is 620. The van der Waals surface area contributed by atoms with E-state index in [4.69, 9.17) is 0 Å². The van der Waals surface area contributed by atoms with Crippen LogP contribution in [0.2, 0.25) is 0 Å². The smallest absolute Gasteiger partial charge is 0.207 e. The highest BCUT2D eigenvalue weighted by molar-refractivity contribution is 5.55. The summed E-state index contributed by atoms with van der Waals surface area (Å²) in [6.45, 7) is 6.52. The van der Waals surface area contributed by atoms with E-state index in [-0.39, 0.29) is 5.69 Å². The number of nitrogens with one attached hydrogen (secondary N) is 1. The van der Waals surface area contributed by atoms with Gasteiger partial charge in [0.2, 0.25) is 5.95 Å². The molecule has 0 amide bonds. The molecule has 1 N–H and O–H groups in total. The molecule has 2 rings (SSSR count). The van der Waals surface area contributed by atoms with Gasteiger partial charge in [-0.2, -0.15) is 0 Å². The van der Waals surface area contributed by atoms with Gasteiger partial charge in [-0.1, -0.05) is 13.8 Å². The number of halogens is 3. The van der Waals surface area contributed by atoms with Gasteiger partial charge in [-0.05, 0) is 12.8 Å². The van der Waals surface area contributed by atoms with E-state index in [0.717, 1.165) is 11.8 Å². The molecule has 0 bridgehead atoms. The van der Waals surface area contributed by atoms with Crippen molar-refractivity contribution in [2.24, 2.45) is 5.92 Å². The molecule has 3 nitrogen and oxygen atoms in total. The van der Waals surface area contributed by atoms with E-state index in [2.05, 4.69) is 10.3 Å². The Hall–Kier alpha value is -1.98. The Balaban J connectivity index is 2.35. The number of imidazole rings is 1. The average molecular weight is 283 g/mol. The third kappa shape index (κ3) is 3.12. The second-order valence-electron chi connectivity index (χ2n) is 5.13. The van der Waals surface area contributed by atoms with E-state index < -0.39 is 17.5 Å². The van der Waals surface area contributed by atoms with Gasteiger partial charge in [0.1, 0.15) is 5.82 Å². The first kappa shape index (κ1) is 14.4. The molecule has 0 saturated carbocycles. The van der Waals surface area contributed by atoms with Crippen LogP contribution in [0.25, 0.3) is 0 Å². The molecule has 0 fully saturated rings. The minimum atomic E-state index is -1.23. The van der Waals surface area contributed by atoms with Crippen molar-refractivity contribution >= 4 is 11.6 Å². The summed E-state index contributed by atoms with van der Waals surface area (Å²) in [4.78, 5) is 4.20. The van der Waals surface area contributed by atoms with Crippen LogP contribution in [0.1, 0.15) is 19.5 Å². The molecule has 2 aromatic rings. The Labute approximate surface area is 115 Å². The van der Waals surface area contributed by atoms with Crippen LogP contribution in [0.4, 0.5) is 24.8 Å². The number of hydrogen-bond acceptors (Lipinski definition) is 2. The van der Waals surface area contributed by atoms with Crippen LogP contribution >= 0.6 is 0 Å². The number of hydrogen-bond donors (Lipinski definition) is 1. The Morgan fingerprint density at radius 2 is 1.95 bits per heavy atom. The molecule has 6 heteroatoms. The van der Waals surface area contributed by atoms with Crippen LogP contribution in [0.15, 0.2) is 18.3 Å². The largest absolute Gasteiger partial charge is 0.323 e. The molecule has 0 radical (unpaired) electrons. The first-order chi connectivity index (χ1) is 9.36. The van der Waals surface area contributed by atoms with E-state index in [1.54, 1.807) is 17.7 Å². The molecule has 0 atom stereocenters. The van der Waals surface area contributed by atoms with Crippen molar-refractivity contribution in [3.05, 3.63) is 41.5 Å². The molecule has 0 aliphatic rings. The molecule has 0 unspecified atom stereocenters. The maximum Gasteiger partial charge on any atom is 0.207 e. The zero-order chi connectivity index (χ0) is 14.9. The highest BCUT2D eigenvalue weighted by Gasteiger charge is 2.14. The van der Waals surface area contributed by atoms with Gasteiger partial charge in [-0.15, -0.1) is 0 Å². The van der Waals surface area contributed by atoms with Crippen LogP contribution in [0.5, 0.6) is 0 Å². The predicted molar refractivity (Wildman–Crippen MR) is 71.4 cm³/mol. The fourth-order valence-corrected chi connectivity index (χ4v) is 1.95. The van der Waals surface area contributed by atoms with E-state index >= 15 is 0 Å². The van der Waals surface area contributed by atoms with Gasteiger partial charge in [0.05, 0.1) is 11.4 Å². The van der Waals surface area contributed by atoms with Crippen molar-refractivity contribution in [1.82, 2.24) is 9.55 Å². The van der Waals surface area contributed by atoms with E-state index in [9.17, 15) is 13.2 Å². The van der Waals surface area contributed by atoms with E-state index in [0.29, 0.717) is 24.5 Å². The third-order valence-electron chi connectivity index (χ3n) is 2.70. The minimum Gasteiger partial charge on any atom is -0.323 e. The lowest BCUT2D eigenvalue weighted by Crippen LogP contribution is -2.08. The van der Waals surface area contributed by atoms with E-state index in [1.165, 1.54) is 0 Å². The molecule has 0 saturated heterocycles. The molecule has 1 aromatic carbocycles. The summed E-state index contributed by atoms with van der Waals surface area (Å²) < 4.78 is 41.8. The summed E-state index contributed by atoms with van der Waals surface area (Å²) in [7, 11) is 0. The lowest BCUT2D eigenvalue weighted by Gasteiger charge is -2.12. The van der Waals surface area contributed by atoms with Gasteiger partial charge in [0, 0.05) is 24.9 Å². The van der Waals surface area contributed by atoms with Crippen molar-refractivity contribution in [3.63, 3.8) is 0 Å². The lowest BCUT2D eigenvalue weighted by molar-refractivity contribution is 0.497. The number of aromatic nitrogens is 2. The summed E-state index contributed by atoms with van der Waals surface area (Å²) in [5.41, 5.74) is 0.475. The molecule has 1 heterocycles. The van der Waals surface area contributed by atoms with Gasteiger partial charge < -0.3 is 9.88 Å². The van der Waals surface area contributed by atoms with Crippen molar-refractivity contribution < 1.29 is 13.2 Å². The fourth-order valence-electron chi connectivity index (χ4n) is 1.95. The first-order valence-electron chi connectivity index (χ1n) is 6.32. The minimum absolute atomic E-state index is 0.266. The molecule has 0 spiro atoms. The monoisotopic (exact) mass is 283 g/mol. The van der Waals surface area contributed by atoms with Gasteiger partial charge in [-0.25, -0.2) is 18.2 Å². The molecule has 1 aromatic heterocycles. The summed E-state index contributed by atoms with van der Waals surface area (Å²) in [5.74, 6) is -2.47. The zero-order valence-electron chi connectivity index (χ0n) is 11.5. The van der Waals surface area contributed by atoms with Gasteiger partial charge >= 0.3 is 0 Å². The zero-order valence-corrected chi connectivity index (χ0v) is 11.5. The van der Waals surface area contributed by atoms with Crippen LogP contribution in [0, 0.1) is 30.3 Å². The Morgan fingerprint density at radius 3 is 2.60 bits per heavy atom. The van der Waals surface area contributed by atoms with Crippen LogP contribution in [-0.4, -0.2) is 9.55 Å². The van der Waals surface area contributed by atoms with Crippen molar-refractivity contribution in [3.8, 4) is 0 Å². The maximum absolute atomic E-state index is 13.6. The van der Waals surface area contributed by atoms with Gasteiger partial charge in [-0.3, -0.25) is 0 Å². The quantitative estimate of drug-likeness (QED) is 0.859. The highest BCUT2D eigenvalue weighted by atomic mass is 19.2. The standard InChI is InChI=1S/C14H16F3N3/c1-8(2)6-20-7-9(3)18-14(20)19-12-5-10(15)4-11(16)13(12)17/h4-5,7-8H,6H2,1-3H3,(H,18,19). The molecule has 108 valence electrons.